The van der Waals surface area contributed by atoms with Crippen molar-refractivity contribution in [2.45, 2.75) is 32.6 Å². The first-order chi connectivity index (χ1) is 10.6. The lowest BCUT2D eigenvalue weighted by molar-refractivity contribution is -0.130. The predicted molar refractivity (Wildman–Crippen MR) is 85.9 cm³/mol. The van der Waals surface area contributed by atoms with E-state index in [1.807, 2.05) is 11.0 Å². The largest absolute Gasteiger partial charge is 0.380 e. The van der Waals surface area contributed by atoms with Gasteiger partial charge >= 0.3 is 0 Å². The lowest BCUT2D eigenvalue weighted by Crippen LogP contribution is -2.45. The lowest BCUT2D eigenvalue weighted by Gasteiger charge is -2.38. The molecule has 0 aliphatic carbocycles. The number of rotatable bonds is 4. The molecule has 22 heavy (non-hydrogen) atoms. The van der Waals surface area contributed by atoms with Crippen LogP contribution < -0.4 is 5.32 Å². The molecule has 2 fully saturated rings. The third kappa shape index (κ3) is 3.40. The van der Waals surface area contributed by atoms with Crippen molar-refractivity contribution in [1.82, 2.24) is 9.88 Å². The zero-order valence-electron chi connectivity index (χ0n) is 13.5. The molecule has 0 spiro atoms. The fourth-order valence-corrected chi connectivity index (χ4v) is 3.14. The molecule has 0 radical (unpaired) electrons. The first kappa shape index (κ1) is 15.3. The van der Waals surface area contributed by atoms with Gasteiger partial charge in [-0.1, -0.05) is 13.0 Å². The van der Waals surface area contributed by atoms with E-state index in [4.69, 9.17) is 9.72 Å². The fraction of sp³-hybridized carbons (Fsp3) is 0.647. The molecule has 1 amide bonds. The van der Waals surface area contributed by atoms with Gasteiger partial charge in [0.1, 0.15) is 5.82 Å². The van der Waals surface area contributed by atoms with Crippen LogP contribution in [0.2, 0.25) is 0 Å². The molecule has 5 heteroatoms. The summed E-state index contributed by atoms with van der Waals surface area (Å²) in [5.41, 5.74) is 1.32. The molecule has 1 aromatic rings. The van der Waals surface area contributed by atoms with E-state index in [0.717, 1.165) is 57.2 Å². The van der Waals surface area contributed by atoms with Crippen LogP contribution in [0.4, 0.5) is 5.82 Å². The Hall–Kier alpha value is -1.62. The smallest absolute Gasteiger partial charge is 0.219 e. The third-order valence-corrected chi connectivity index (χ3v) is 4.65. The Morgan fingerprint density at radius 3 is 3.00 bits per heavy atom. The average Bonchev–Trinajstić information content (AvgIpc) is 2.51. The van der Waals surface area contributed by atoms with Crippen molar-refractivity contribution in [2.24, 2.45) is 5.41 Å². The molecular formula is C17H25N3O2. The van der Waals surface area contributed by atoms with Crippen LogP contribution in [0.5, 0.6) is 0 Å². The van der Waals surface area contributed by atoms with Crippen LogP contribution in [0.25, 0.3) is 0 Å². The van der Waals surface area contributed by atoms with Gasteiger partial charge < -0.3 is 15.0 Å². The van der Waals surface area contributed by atoms with Crippen LogP contribution in [0.1, 0.15) is 38.3 Å². The van der Waals surface area contributed by atoms with E-state index in [1.165, 1.54) is 0 Å². The maximum atomic E-state index is 11.6. The number of carbonyl (C=O) groups is 1. The number of nitrogens with one attached hydrogen (secondary N) is 1. The van der Waals surface area contributed by atoms with Gasteiger partial charge in [0.15, 0.2) is 0 Å². The average molecular weight is 303 g/mol. The second-order valence-electron chi connectivity index (χ2n) is 6.91. The van der Waals surface area contributed by atoms with Crippen molar-refractivity contribution >= 4 is 11.7 Å². The van der Waals surface area contributed by atoms with E-state index < -0.39 is 0 Å². The van der Waals surface area contributed by atoms with E-state index >= 15 is 0 Å². The number of aromatic nitrogens is 1. The van der Waals surface area contributed by atoms with Crippen molar-refractivity contribution in [2.75, 3.05) is 38.2 Å². The Balaban J connectivity index is 1.64. The third-order valence-electron chi connectivity index (χ3n) is 4.65. The molecule has 3 heterocycles. The van der Waals surface area contributed by atoms with Crippen molar-refractivity contribution < 1.29 is 9.53 Å². The quantitative estimate of drug-likeness (QED) is 0.927. The minimum atomic E-state index is 0.164. The number of carbonyl (C=O) groups excluding carboxylic acids is 1. The zero-order valence-corrected chi connectivity index (χ0v) is 13.5. The van der Waals surface area contributed by atoms with Crippen LogP contribution in [0, 0.1) is 5.41 Å². The molecule has 120 valence electrons. The molecule has 1 unspecified atom stereocenters. The topological polar surface area (TPSA) is 54.5 Å². The van der Waals surface area contributed by atoms with Crippen LogP contribution in [-0.4, -0.2) is 48.6 Å². The SMILES string of the molecule is CC(=O)N1CCCC(c2cccc(NCC3(C)COC3)n2)C1. The molecular weight excluding hydrogens is 278 g/mol. The second-order valence-corrected chi connectivity index (χ2v) is 6.91. The monoisotopic (exact) mass is 303 g/mol. The molecule has 1 aromatic heterocycles. The number of nitrogens with zero attached hydrogens (tertiary/aromatic N) is 2. The lowest BCUT2D eigenvalue weighted by atomic mass is 9.89. The van der Waals surface area contributed by atoms with Gasteiger partial charge in [-0.05, 0) is 25.0 Å². The molecule has 0 aromatic carbocycles. The van der Waals surface area contributed by atoms with Gasteiger partial charge in [-0.2, -0.15) is 0 Å². The molecule has 1 N–H and O–H groups in total. The summed E-state index contributed by atoms with van der Waals surface area (Å²) < 4.78 is 5.28. The molecule has 1 atom stereocenters. The van der Waals surface area contributed by atoms with E-state index in [-0.39, 0.29) is 11.3 Å². The Morgan fingerprint density at radius 1 is 1.50 bits per heavy atom. The number of ether oxygens (including phenoxy) is 1. The first-order valence-corrected chi connectivity index (χ1v) is 8.10. The minimum Gasteiger partial charge on any atom is -0.380 e. The number of likely N-dealkylation sites (tertiary alicyclic amines) is 1. The highest BCUT2D eigenvalue weighted by atomic mass is 16.5. The maximum absolute atomic E-state index is 11.6. The first-order valence-electron chi connectivity index (χ1n) is 8.10. The minimum absolute atomic E-state index is 0.164. The second kappa shape index (κ2) is 6.24. The molecule has 3 rings (SSSR count). The Kier molecular flexibility index (Phi) is 4.34. The molecule has 2 aliphatic rings. The number of hydrogen-bond acceptors (Lipinski definition) is 4. The molecule has 0 saturated carbocycles. The van der Waals surface area contributed by atoms with E-state index in [2.05, 4.69) is 24.4 Å². The van der Waals surface area contributed by atoms with Crippen LogP contribution in [-0.2, 0) is 9.53 Å². The van der Waals surface area contributed by atoms with Gasteiger partial charge in [0.05, 0.1) is 13.2 Å². The number of amides is 1. The fourth-order valence-electron chi connectivity index (χ4n) is 3.14. The van der Waals surface area contributed by atoms with Gasteiger partial charge in [-0.3, -0.25) is 4.79 Å². The molecule has 0 bridgehead atoms. The summed E-state index contributed by atoms with van der Waals surface area (Å²) in [6.07, 6.45) is 2.16. The summed E-state index contributed by atoms with van der Waals surface area (Å²) >= 11 is 0. The van der Waals surface area contributed by atoms with Crippen LogP contribution in [0.15, 0.2) is 18.2 Å². The Morgan fingerprint density at radius 2 is 2.32 bits per heavy atom. The van der Waals surface area contributed by atoms with Crippen molar-refractivity contribution in [3.05, 3.63) is 23.9 Å². The van der Waals surface area contributed by atoms with E-state index in [1.54, 1.807) is 6.92 Å². The predicted octanol–water partition coefficient (Wildman–Crippen LogP) is 2.26. The summed E-state index contributed by atoms with van der Waals surface area (Å²) in [7, 11) is 0. The van der Waals surface area contributed by atoms with Gasteiger partial charge in [-0.15, -0.1) is 0 Å². The highest BCUT2D eigenvalue weighted by Gasteiger charge is 2.33. The summed E-state index contributed by atoms with van der Waals surface area (Å²) in [4.78, 5) is 18.3. The molecule has 5 nitrogen and oxygen atoms in total. The number of pyridine rings is 1. The summed E-state index contributed by atoms with van der Waals surface area (Å²) in [5.74, 6) is 1.43. The molecule has 2 saturated heterocycles. The highest BCUT2D eigenvalue weighted by molar-refractivity contribution is 5.73. The number of anilines is 1. The Labute approximate surface area is 132 Å². The zero-order chi connectivity index (χ0) is 15.6. The normalized spacial score (nSPS) is 23.7. The van der Waals surface area contributed by atoms with Crippen molar-refractivity contribution in [3.8, 4) is 0 Å². The van der Waals surface area contributed by atoms with Gasteiger partial charge in [0.25, 0.3) is 0 Å². The number of piperidine rings is 1. The maximum Gasteiger partial charge on any atom is 0.219 e. The van der Waals surface area contributed by atoms with E-state index in [0.29, 0.717) is 5.92 Å². The van der Waals surface area contributed by atoms with Crippen LogP contribution >= 0.6 is 0 Å². The molecule has 2 aliphatic heterocycles. The number of hydrogen-bond donors (Lipinski definition) is 1. The highest BCUT2D eigenvalue weighted by Crippen LogP contribution is 2.28. The summed E-state index contributed by atoms with van der Waals surface area (Å²) in [6.45, 7) is 8.05. The van der Waals surface area contributed by atoms with Crippen molar-refractivity contribution in [1.29, 1.82) is 0 Å². The summed E-state index contributed by atoms with van der Waals surface area (Å²) in [5, 5.41) is 3.43. The van der Waals surface area contributed by atoms with Gasteiger partial charge in [0, 0.05) is 43.6 Å². The van der Waals surface area contributed by atoms with Gasteiger partial charge in [-0.25, -0.2) is 4.98 Å². The van der Waals surface area contributed by atoms with Crippen LogP contribution in [0.3, 0.4) is 0 Å². The van der Waals surface area contributed by atoms with Crippen molar-refractivity contribution in [3.63, 3.8) is 0 Å². The summed E-state index contributed by atoms with van der Waals surface area (Å²) in [6, 6.07) is 6.14. The van der Waals surface area contributed by atoms with E-state index in [9.17, 15) is 4.79 Å². The van der Waals surface area contributed by atoms with Gasteiger partial charge in [0.2, 0.25) is 5.91 Å². The standard InChI is InChI=1S/C17H25N3O2/c1-13(21)20-8-4-5-14(9-20)15-6-3-7-16(19-15)18-10-17(2)11-22-12-17/h3,6-7,14H,4-5,8-12H2,1-2H3,(H,18,19). The Bertz CT molecular complexity index is 542.